The molecule has 1 aromatic heterocycles. The summed E-state index contributed by atoms with van der Waals surface area (Å²) in [4.78, 5) is 23.4. The minimum absolute atomic E-state index is 0.0716. The Morgan fingerprint density at radius 3 is 2.93 bits per heavy atom. The molecule has 0 unspecified atom stereocenters. The molecule has 1 aliphatic heterocycles. The lowest BCUT2D eigenvalue weighted by Gasteiger charge is -2.12. The van der Waals surface area contributed by atoms with Gasteiger partial charge in [-0.25, -0.2) is 0 Å². The van der Waals surface area contributed by atoms with Crippen molar-refractivity contribution < 1.29 is 14.3 Å². The SMILES string of the molecule is COC(=O)CSCCC(=O)Nc1cc(-c2nnc3n2CCCCC3)ccc1C. The molecular formula is C20H26N4O3S. The molecular weight excluding hydrogens is 376 g/mol. The van der Waals surface area contributed by atoms with Gasteiger partial charge >= 0.3 is 5.97 Å². The Balaban J connectivity index is 1.66. The molecule has 0 atom stereocenters. The van der Waals surface area contributed by atoms with E-state index in [4.69, 9.17) is 0 Å². The van der Waals surface area contributed by atoms with E-state index < -0.39 is 0 Å². The Hall–Kier alpha value is -2.35. The van der Waals surface area contributed by atoms with Crippen molar-refractivity contribution >= 4 is 29.3 Å². The summed E-state index contributed by atoms with van der Waals surface area (Å²) < 4.78 is 6.79. The van der Waals surface area contributed by atoms with Crippen LogP contribution in [0.4, 0.5) is 5.69 Å². The fourth-order valence-corrected chi connectivity index (χ4v) is 3.94. The first-order valence-electron chi connectivity index (χ1n) is 9.56. The number of carbonyl (C=O) groups is 2. The van der Waals surface area contributed by atoms with Gasteiger partial charge in [0.1, 0.15) is 5.82 Å². The number of nitrogens with one attached hydrogen (secondary N) is 1. The average Bonchev–Trinajstić information content (AvgIpc) is 2.95. The highest BCUT2D eigenvalue weighted by molar-refractivity contribution is 7.99. The van der Waals surface area contributed by atoms with E-state index >= 15 is 0 Å². The Kier molecular flexibility index (Phi) is 7.08. The van der Waals surface area contributed by atoms with Crippen molar-refractivity contribution in [3.8, 4) is 11.4 Å². The Bertz CT molecular complexity index is 850. The molecule has 150 valence electrons. The van der Waals surface area contributed by atoms with Gasteiger partial charge in [-0.05, 0) is 31.4 Å². The van der Waals surface area contributed by atoms with E-state index in [1.165, 1.54) is 25.3 Å². The van der Waals surface area contributed by atoms with E-state index in [2.05, 4.69) is 24.8 Å². The highest BCUT2D eigenvalue weighted by Gasteiger charge is 2.17. The molecule has 0 radical (unpaired) electrons. The fraction of sp³-hybridized carbons (Fsp3) is 0.500. The smallest absolute Gasteiger partial charge is 0.315 e. The van der Waals surface area contributed by atoms with Crippen LogP contribution < -0.4 is 5.32 Å². The summed E-state index contributed by atoms with van der Waals surface area (Å²) in [5, 5.41) is 11.7. The molecule has 0 fully saturated rings. The number of hydrogen-bond acceptors (Lipinski definition) is 6. The maximum Gasteiger partial charge on any atom is 0.315 e. The second kappa shape index (κ2) is 9.73. The number of carbonyl (C=O) groups excluding carboxylic acids is 2. The Morgan fingerprint density at radius 1 is 1.25 bits per heavy atom. The van der Waals surface area contributed by atoms with E-state index in [1.807, 2.05) is 25.1 Å². The standard InChI is InChI=1S/C20H26N4O3S/c1-14-7-8-15(20-23-22-17-6-4-3-5-10-24(17)20)12-16(14)21-18(25)9-11-28-13-19(26)27-2/h7-8,12H,3-6,9-11,13H2,1-2H3,(H,21,25). The van der Waals surface area contributed by atoms with Crippen LogP contribution in [0.3, 0.4) is 0 Å². The topological polar surface area (TPSA) is 86.1 Å². The number of rotatable bonds is 7. The fourth-order valence-electron chi connectivity index (χ4n) is 3.19. The van der Waals surface area contributed by atoms with Crippen molar-refractivity contribution in [1.82, 2.24) is 14.8 Å². The lowest BCUT2D eigenvalue weighted by molar-refractivity contribution is -0.137. The number of aryl methyl sites for hydroxylation is 2. The van der Waals surface area contributed by atoms with Gasteiger partial charge in [-0.3, -0.25) is 9.59 Å². The maximum atomic E-state index is 12.3. The summed E-state index contributed by atoms with van der Waals surface area (Å²) in [6.45, 7) is 2.90. The summed E-state index contributed by atoms with van der Waals surface area (Å²) in [5.41, 5.74) is 2.74. The largest absolute Gasteiger partial charge is 0.468 e. The minimum Gasteiger partial charge on any atom is -0.468 e. The number of hydrogen-bond donors (Lipinski definition) is 1. The van der Waals surface area contributed by atoms with Gasteiger partial charge < -0.3 is 14.6 Å². The van der Waals surface area contributed by atoms with Crippen LogP contribution in [0.1, 0.15) is 37.1 Å². The molecule has 0 aliphatic carbocycles. The van der Waals surface area contributed by atoms with Crippen molar-refractivity contribution in [2.75, 3.05) is 23.9 Å². The maximum absolute atomic E-state index is 12.3. The predicted molar refractivity (Wildman–Crippen MR) is 110 cm³/mol. The number of methoxy groups -OCH3 is 1. The quantitative estimate of drug-likeness (QED) is 0.565. The summed E-state index contributed by atoms with van der Waals surface area (Å²) >= 11 is 1.39. The molecule has 0 saturated carbocycles. The third-order valence-corrected chi connectivity index (χ3v) is 5.73. The van der Waals surface area contributed by atoms with Crippen molar-refractivity contribution in [2.45, 2.75) is 45.6 Å². The first kappa shape index (κ1) is 20.4. The summed E-state index contributed by atoms with van der Waals surface area (Å²) in [5.74, 6) is 2.38. The second-order valence-electron chi connectivity index (χ2n) is 6.86. The lowest BCUT2D eigenvalue weighted by atomic mass is 10.1. The normalized spacial score (nSPS) is 13.5. The van der Waals surface area contributed by atoms with Crippen LogP contribution in [0.25, 0.3) is 11.4 Å². The van der Waals surface area contributed by atoms with Gasteiger partial charge in [0.25, 0.3) is 0 Å². The number of aromatic nitrogens is 3. The number of esters is 1. The number of amides is 1. The summed E-state index contributed by atoms with van der Waals surface area (Å²) in [6, 6.07) is 5.99. The van der Waals surface area contributed by atoms with Crippen molar-refractivity contribution in [1.29, 1.82) is 0 Å². The Labute approximate surface area is 169 Å². The molecule has 0 bridgehead atoms. The molecule has 0 saturated heterocycles. The lowest BCUT2D eigenvalue weighted by Crippen LogP contribution is -2.14. The van der Waals surface area contributed by atoms with Crippen molar-refractivity contribution in [2.24, 2.45) is 0 Å². The highest BCUT2D eigenvalue weighted by Crippen LogP contribution is 2.27. The van der Waals surface area contributed by atoms with Gasteiger partial charge in [0.15, 0.2) is 5.82 Å². The van der Waals surface area contributed by atoms with Crippen LogP contribution in [0.5, 0.6) is 0 Å². The molecule has 1 aliphatic rings. The van der Waals surface area contributed by atoms with Crippen LogP contribution in [-0.4, -0.2) is 45.3 Å². The molecule has 8 heteroatoms. The first-order chi connectivity index (χ1) is 13.6. The average molecular weight is 403 g/mol. The number of ether oxygens (including phenoxy) is 1. The van der Waals surface area contributed by atoms with Gasteiger partial charge in [0.05, 0.1) is 12.9 Å². The predicted octanol–water partition coefficient (Wildman–Crippen LogP) is 3.21. The van der Waals surface area contributed by atoms with Crippen molar-refractivity contribution in [3.63, 3.8) is 0 Å². The molecule has 2 aromatic rings. The third-order valence-electron chi connectivity index (χ3n) is 4.80. The monoisotopic (exact) mass is 402 g/mol. The van der Waals surface area contributed by atoms with Crippen LogP contribution in [-0.2, 0) is 27.3 Å². The van der Waals surface area contributed by atoms with E-state index in [0.717, 1.165) is 54.3 Å². The molecule has 7 nitrogen and oxygen atoms in total. The van der Waals surface area contributed by atoms with Crippen LogP contribution >= 0.6 is 11.8 Å². The first-order valence-corrected chi connectivity index (χ1v) is 10.7. The number of thioether (sulfide) groups is 1. The van der Waals surface area contributed by atoms with Crippen LogP contribution in [0.2, 0.25) is 0 Å². The Morgan fingerprint density at radius 2 is 2.11 bits per heavy atom. The number of fused-ring (bicyclic) bond motifs is 1. The number of benzene rings is 1. The number of nitrogens with zero attached hydrogens (tertiary/aromatic N) is 3. The molecule has 0 spiro atoms. The minimum atomic E-state index is -0.276. The van der Waals surface area contributed by atoms with Gasteiger partial charge in [-0.1, -0.05) is 18.6 Å². The molecule has 2 heterocycles. The van der Waals surface area contributed by atoms with E-state index in [-0.39, 0.29) is 17.6 Å². The second-order valence-corrected chi connectivity index (χ2v) is 7.96. The third kappa shape index (κ3) is 5.13. The van der Waals surface area contributed by atoms with E-state index in [0.29, 0.717) is 12.2 Å². The van der Waals surface area contributed by atoms with Crippen molar-refractivity contribution in [3.05, 3.63) is 29.6 Å². The molecule has 28 heavy (non-hydrogen) atoms. The number of anilines is 1. The van der Waals surface area contributed by atoms with E-state index in [9.17, 15) is 9.59 Å². The molecule has 3 rings (SSSR count). The van der Waals surface area contributed by atoms with Crippen LogP contribution in [0.15, 0.2) is 18.2 Å². The van der Waals surface area contributed by atoms with Gasteiger partial charge in [-0.15, -0.1) is 22.0 Å². The van der Waals surface area contributed by atoms with Gasteiger partial charge in [0, 0.05) is 36.4 Å². The summed E-state index contributed by atoms with van der Waals surface area (Å²) in [6.07, 6.45) is 4.81. The molecule has 1 amide bonds. The van der Waals surface area contributed by atoms with Gasteiger partial charge in [0.2, 0.25) is 5.91 Å². The molecule has 1 N–H and O–H groups in total. The zero-order chi connectivity index (χ0) is 19.9. The zero-order valence-corrected chi connectivity index (χ0v) is 17.2. The van der Waals surface area contributed by atoms with Gasteiger partial charge in [-0.2, -0.15) is 0 Å². The van der Waals surface area contributed by atoms with E-state index in [1.54, 1.807) is 0 Å². The summed E-state index contributed by atoms with van der Waals surface area (Å²) in [7, 11) is 1.36. The highest BCUT2D eigenvalue weighted by atomic mass is 32.2. The van der Waals surface area contributed by atoms with Crippen LogP contribution in [0, 0.1) is 6.92 Å². The zero-order valence-electron chi connectivity index (χ0n) is 16.4. The molecule has 1 aromatic carbocycles.